The van der Waals surface area contributed by atoms with Gasteiger partial charge in [0.25, 0.3) is 0 Å². The molecule has 1 saturated heterocycles. The van der Waals surface area contributed by atoms with Gasteiger partial charge in [0.05, 0.1) is 12.1 Å². The average molecular weight is 453 g/mol. The van der Waals surface area contributed by atoms with E-state index in [4.69, 9.17) is 0 Å². The van der Waals surface area contributed by atoms with E-state index >= 15 is 0 Å². The number of hydrogen-bond donors (Lipinski definition) is 0. The van der Waals surface area contributed by atoms with E-state index in [1.54, 1.807) is 0 Å². The summed E-state index contributed by atoms with van der Waals surface area (Å²) in [7, 11) is 0. The summed E-state index contributed by atoms with van der Waals surface area (Å²) in [5.74, 6) is 1.01. The minimum absolute atomic E-state index is 0. The lowest BCUT2D eigenvalue weighted by Gasteiger charge is -2.39. The van der Waals surface area contributed by atoms with Crippen LogP contribution in [-0.4, -0.2) is 56.2 Å². The average Bonchev–Trinajstić information content (AvgIpc) is 3.49. The van der Waals surface area contributed by atoms with E-state index in [1.165, 1.54) is 42.4 Å². The Bertz CT molecular complexity index is 960. The zero-order valence-corrected chi connectivity index (χ0v) is 19.6. The molecule has 0 amide bonds. The molecule has 1 aliphatic heterocycles. The van der Waals surface area contributed by atoms with Crippen molar-refractivity contribution in [3.05, 3.63) is 77.1 Å². The molecule has 0 N–H and O–H groups in total. The van der Waals surface area contributed by atoms with Crippen molar-refractivity contribution in [3.8, 4) is 0 Å². The molecule has 170 valence electrons. The van der Waals surface area contributed by atoms with Gasteiger partial charge in [-0.15, -0.1) is 17.5 Å². The largest absolute Gasteiger partial charge is 0.297 e. The minimum atomic E-state index is 0. The summed E-state index contributed by atoms with van der Waals surface area (Å²) in [6, 6.07) is 20.2. The molecule has 6 nitrogen and oxygen atoms in total. The number of hydrogen-bond acceptors (Lipinski definition) is 5. The second kappa shape index (κ2) is 10.6. The second-order valence-electron chi connectivity index (χ2n) is 9.03. The number of benzene rings is 2. The van der Waals surface area contributed by atoms with Crippen LogP contribution < -0.4 is 0 Å². The number of piperazine rings is 1. The summed E-state index contributed by atoms with van der Waals surface area (Å²) in [4.78, 5) is 5.13. The monoisotopic (exact) mass is 452 g/mol. The standard InChI is InChI=1S/C25H32N6.ClH/c1-20-11-13-22(14-12-20)24(25-26-27-28-31(25)23-9-5-6-10-23)30-17-15-29(16-18-30)19-21-7-3-2-4-8-21;/h2-4,7-8,11-14,23-24H,5-6,9-10,15-19H2,1H3;1H. The highest BCUT2D eigenvalue weighted by Crippen LogP contribution is 2.34. The van der Waals surface area contributed by atoms with Gasteiger partial charge in [-0.25, -0.2) is 4.68 Å². The molecule has 1 aliphatic carbocycles. The fourth-order valence-electron chi connectivity index (χ4n) is 5.08. The van der Waals surface area contributed by atoms with Crippen molar-refractivity contribution in [3.63, 3.8) is 0 Å². The molecular weight excluding hydrogens is 420 g/mol. The van der Waals surface area contributed by atoms with Gasteiger partial charge in [-0.1, -0.05) is 73.0 Å². The van der Waals surface area contributed by atoms with Gasteiger partial charge in [0.2, 0.25) is 0 Å². The molecule has 2 heterocycles. The molecular formula is C25H33ClN6. The fraction of sp³-hybridized carbons (Fsp3) is 0.480. The van der Waals surface area contributed by atoms with Crippen molar-refractivity contribution in [2.75, 3.05) is 26.2 Å². The highest BCUT2D eigenvalue weighted by molar-refractivity contribution is 5.85. The van der Waals surface area contributed by atoms with Gasteiger partial charge in [-0.05, 0) is 41.3 Å². The zero-order chi connectivity index (χ0) is 21.0. The molecule has 7 heteroatoms. The number of tetrazole rings is 1. The molecule has 1 unspecified atom stereocenters. The molecule has 5 rings (SSSR count). The smallest absolute Gasteiger partial charge is 0.173 e. The third-order valence-electron chi connectivity index (χ3n) is 6.85. The van der Waals surface area contributed by atoms with Crippen LogP contribution in [0, 0.1) is 6.92 Å². The number of halogens is 1. The van der Waals surface area contributed by atoms with Gasteiger partial charge >= 0.3 is 0 Å². The molecule has 2 aliphatic rings. The quantitative estimate of drug-likeness (QED) is 0.553. The van der Waals surface area contributed by atoms with Gasteiger partial charge in [-0.3, -0.25) is 9.80 Å². The Balaban J connectivity index is 0.00000245. The maximum atomic E-state index is 4.57. The first kappa shape index (κ1) is 22.9. The van der Waals surface area contributed by atoms with Crippen LogP contribution in [0.4, 0.5) is 0 Å². The van der Waals surface area contributed by atoms with Crippen molar-refractivity contribution in [2.45, 2.75) is 51.2 Å². The number of aromatic nitrogens is 4. The Morgan fingerprint density at radius 3 is 2.28 bits per heavy atom. The highest BCUT2D eigenvalue weighted by atomic mass is 35.5. The zero-order valence-electron chi connectivity index (χ0n) is 18.8. The minimum Gasteiger partial charge on any atom is -0.297 e. The molecule has 2 aromatic carbocycles. The van der Waals surface area contributed by atoms with Crippen molar-refractivity contribution >= 4 is 12.4 Å². The lowest BCUT2D eigenvalue weighted by Crippen LogP contribution is -2.48. The van der Waals surface area contributed by atoms with Crippen LogP contribution in [0.5, 0.6) is 0 Å². The molecule has 0 bridgehead atoms. The summed E-state index contributed by atoms with van der Waals surface area (Å²) < 4.78 is 2.13. The van der Waals surface area contributed by atoms with Gasteiger partial charge in [0.15, 0.2) is 5.82 Å². The molecule has 0 spiro atoms. The maximum Gasteiger partial charge on any atom is 0.173 e. The molecule has 1 aromatic heterocycles. The SMILES string of the molecule is Cc1ccc(C(c2nnnn2C2CCCC2)N2CCN(Cc3ccccc3)CC2)cc1.Cl. The first-order chi connectivity index (χ1) is 15.3. The summed E-state index contributed by atoms with van der Waals surface area (Å²) >= 11 is 0. The topological polar surface area (TPSA) is 50.1 Å². The molecule has 2 fully saturated rings. The molecule has 1 atom stereocenters. The highest BCUT2D eigenvalue weighted by Gasteiger charge is 2.32. The Kier molecular flexibility index (Phi) is 7.55. The summed E-state index contributed by atoms with van der Waals surface area (Å²) in [5, 5.41) is 13.1. The van der Waals surface area contributed by atoms with Crippen molar-refractivity contribution in [1.29, 1.82) is 0 Å². The Hall–Kier alpha value is -2.28. The van der Waals surface area contributed by atoms with E-state index in [-0.39, 0.29) is 18.4 Å². The molecule has 3 aromatic rings. The van der Waals surface area contributed by atoms with Gasteiger partial charge in [0, 0.05) is 32.7 Å². The van der Waals surface area contributed by atoms with Crippen LogP contribution in [0.15, 0.2) is 54.6 Å². The summed E-state index contributed by atoms with van der Waals surface area (Å²) in [5.41, 5.74) is 3.96. The second-order valence-corrected chi connectivity index (χ2v) is 9.03. The van der Waals surface area contributed by atoms with E-state index in [9.17, 15) is 0 Å². The first-order valence-corrected chi connectivity index (χ1v) is 11.6. The van der Waals surface area contributed by atoms with E-state index < -0.39 is 0 Å². The van der Waals surface area contributed by atoms with E-state index in [1.807, 2.05) is 0 Å². The van der Waals surface area contributed by atoms with Gasteiger partial charge < -0.3 is 0 Å². The fourth-order valence-corrected chi connectivity index (χ4v) is 5.08. The molecule has 32 heavy (non-hydrogen) atoms. The van der Waals surface area contributed by atoms with Crippen LogP contribution in [0.1, 0.15) is 60.3 Å². The predicted octanol–water partition coefficient (Wildman–Crippen LogP) is 4.43. The van der Waals surface area contributed by atoms with E-state index in [2.05, 4.69) is 91.5 Å². The lowest BCUT2D eigenvalue weighted by molar-refractivity contribution is 0.0993. The normalized spacial score (nSPS) is 19.0. The molecule has 0 radical (unpaired) electrons. The number of nitrogens with zero attached hydrogens (tertiary/aromatic N) is 6. The predicted molar refractivity (Wildman–Crippen MR) is 129 cm³/mol. The van der Waals surface area contributed by atoms with E-state index in [0.29, 0.717) is 6.04 Å². The maximum absolute atomic E-state index is 4.57. The van der Waals surface area contributed by atoms with Crippen LogP contribution >= 0.6 is 12.4 Å². The first-order valence-electron chi connectivity index (χ1n) is 11.6. The lowest BCUT2D eigenvalue weighted by atomic mass is 10.0. The van der Waals surface area contributed by atoms with Crippen LogP contribution in [0.25, 0.3) is 0 Å². The van der Waals surface area contributed by atoms with E-state index in [0.717, 1.165) is 38.5 Å². The van der Waals surface area contributed by atoms with Crippen LogP contribution in [0.2, 0.25) is 0 Å². The Morgan fingerprint density at radius 1 is 0.906 bits per heavy atom. The number of rotatable bonds is 6. The molecule has 1 saturated carbocycles. The van der Waals surface area contributed by atoms with Gasteiger partial charge in [-0.2, -0.15) is 0 Å². The third-order valence-corrected chi connectivity index (χ3v) is 6.85. The summed E-state index contributed by atoms with van der Waals surface area (Å²) in [6.07, 6.45) is 4.92. The summed E-state index contributed by atoms with van der Waals surface area (Å²) in [6.45, 7) is 7.31. The van der Waals surface area contributed by atoms with Crippen molar-refractivity contribution in [1.82, 2.24) is 30.0 Å². The Morgan fingerprint density at radius 2 is 1.59 bits per heavy atom. The van der Waals surface area contributed by atoms with Crippen molar-refractivity contribution in [2.24, 2.45) is 0 Å². The third kappa shape index (κ3) is 5.03. The Labute approximate surface area is 197 Å². The number of aryl methyl sites for hydroxylation is 1. The van der Waals surface area contributed by atoms with Crippen molar-refractivity contribution < 1.29 is 0 Å². The van der Waals surface area contributed by atoms with Crippen LogP contribution in [0.3, 0.4) is 0 Å². The van der Waals surface area contributed by atoms with Crippen LogP contribution in [-0.2, 0) is 6.54 Å². The van der Waals surface area contributed by atoms with Gasteiger partial charge in [0.1, 0.15) is 0 Å².